The highest BCUT2D eigenvalue weighted by atomic mass is 19.4. The monoisotopic (exact) mass is 340 g/mol. The molecule has 0 rings (SSSR count). The summed E-state index contributed by atoms with van der Waals surface area (Å²) in [4.78, 5) is 34.5. The molecule has 2 atom stereocenters. The molecule has 0 saturated heterocycles. The summed E-state index contributed by atoms with van der Waals surface area (Å²) in [5.41, 5.74) is 0. The Labute approximate surface area is 131 Å². The number of carbonyl (C=O) groups is 3. The van der Waals surface area contributed by atoms with Gasteiger partial charge in [0.2, 0.25) is 5.91 Å². The summed E-state index contributed by atoms with van der Waals surface area (Å²) in [6.07, 6.45) is -6.55. The van der Waals surface area contributed by atoms with Crippen LogP contribution in [0.25, 0.3) is 0 Å². The minimum Gasteiger partial charge on any atom is -0.464 e. The van der Waals surface area contributed by atoms with E-state index in [1.54, 1.807) is 0 Å². The summed E-state index contributed by atoms with van der Waals surface area (Å²) in [5, 5.41) is 9.00. The third-order valence-corrected chi connectivity index (χ3v) is 2.79. The summed E-state index contributed by atoms with van der Waals surface area (Å²) < 4.78 is 45.3. The summed E-state index contributed by atoms with van der Waals surface area (Å²) in [6.45, 7) is 0.525. The number of nitrogens with one attached hydrogen (secondary N) is 2. The largest absolute Gasteiger partial charge is 0.464 e. The molecule has 23 heavy (non-hydrogen) atoms. The third kappa shape index (κ3) is 9.61. The SMILES string of the molecule is CO[C@@H](C)C(=O)N[C@@H](CCC(=O)C=N)C(=O)OCCC(F)(F)F. The number of rotatable bonds is 10. The number of methoxy groups -OCH3 is 1. The van der Waals surface area contributed by atoms with Gasteiger partial charge in [0.25, 0.3) is 0 Å². The van der Waals surface area contributed by atoms with Gasteiger partial charge in [-0.1, -0.05) is 0 Å². The van der Waals surface area contributed by atoms with Crippen molar-refractivity contribution in [1.82, 2.24) is 5.32 Å². The molecule has 0 aliphatic heterocycles. The molecule has 132 valence electrons. The van der Waals surface area contributed by atoms with Crippen molar-refractivity contribution < 1.29 is 37.0 Å². The zero-order chi connectivity index (χ0) is 18.0. The van der Waals surface area contributed by atoms with E-state index in [1.807, 2.05) is 0 Å². The van der Waals surface area contributed by atoms with Crippen LogP contribution >= 0.6 is 0 Å². The second-order valence-corrected chi connectivity index (χ2v) is 4.62. The minimum absolute atomic E-state index is 0.193. The highest BCUT2D eigenvalue weighted by Gasteiger charge is 2.29. The van der Waals surface area contributed by atoms with Crippen LogP contribution in [0.15, 0.2) is 0 Å². The molecule has 10 heteroatoms. The van der Waals surface area contributed by atoms with Crippen molar-refractivity contribution in [2.75, 3.05) is 13.7 Å². The molecule has 2 N–H and O–H groups in total. The van der Waals surface area contributed by atoms with E-state index in [1.165, 1.54) is 14.0 Å². The third-order valence-electron chi connectivity index (χ3n) is 2.79. The summed E-state index contributed by atoms with van der Waals surface area (Å²) >= 11 is 0. The van der Waals surface area contributed by atoms with Crippen LogP contribution in [0.3, 0.4) is 0 Å². The standard InChI is InChI=1S/C13H19F3N2O5/c1-8(22-2)11(20)18-10(4-3-9(19)7-17)12(21)23-6-5-13(14,15)16/h7-8,10,17H,3-6H2,1-2H3,(H,18,20)/t8-,10-/m0/s1. The Bertz CT molecular complexity index is 440. The normalized spacial score (nSPS) is 13.8. The highest BCUT2D eigenvalue weighted by molar-refractivity contribution is 6.26. The molecule has 0 spiro atoms. The van der Waals surface area contributed by atoms with E-state index in [4.69, 9.17) is 10.1 Å². The average molecular weight is 340 g/mol. The van der Waals surface area contributed by atoms with Gasteiger partial charge in [-0.15, -0.1) is 0 Å². The Morgan fingerprint density at radius 2 is 1.91 bits per heavy atom. The first-order valence-corrected chi connectivity index (χ1v) is 6.70. The molecule has 7 nitrogen and oxygen atoms in total. The number of halogens is 3. The summed E-state index contributed by atoms with van der Waals surface area (Å²) in [6, 6.07) is -1.29. The first-order valence-electron chi connectivity index (χ1n) is 6.70. The van der Waals surface area contributed by atoms with Crippen LogP contribution in [0, 0.1) is 5.41 Å². The van der Waals surface area contributed by atoms with Gasteiger partial charge in [0, 0.05) is 13.5 Å². The van der Waals surface area contributed by atoms with Gasteiger partial charge in [0.1, 0.15) is 18.8 Å². The van der Waals surface area contributed by atoms with Gasteiger partial charge < -0.3 is 20.2 Å². The van der Waals surface area contributed by atoms with Crippen LogP contribution < -0.4 is 5.32 Å². The van der Waals surface area contributed by atoms with E-state index < -0.39 is 49.0 Å². The van der Waals surface area contributed by atoms with Crippen LogP contribution in [0.5, 0.6) is 0 Å². The van der Waals surface area contributed by atoms with Crippen LogP contribution in [0.4, 0.5) is 13.2 Å². The van der Waals surface area contributed by atoms with Gasteiger partial charge in [-0.3, -0.25) is 9.59 Å². The van der Waals surface area contributed by atoms with Gasteiger partial charge in [-0.25, -0.2) is 4.79 Å². The molecule has 0 bridgehead atoms. The van der Waals surface area contributed by atoms with E-state index >= 15 is 0 Å². The number of alkyl halides is 3. The maximum atomic E-state index is 12.0. The van der Waals surface area contributed by atoms with Crippen molar-refractivity contribution >= 4 is 23.9 Å². The van der Waals surface area contributed by atoms with E-state index in [2.05, 4.69) is 10.1 Å². The quantitative estimate of drug-likeness (QED) is 0.456. The second kappa shape index (κ2) is 9.93. The van der Waals surface area contributed by atoms with E-state index in [0.717, 1.165) is 0 Å². The second-order valence-electron chi connectivity index (χ2n) is 4.62. The molecular weight excluding hydrogens is 321 g/mol. The zero-order valence-corrected chi connectivity index (χ0v) is 12.7. The van der Waals surface area contributed by atoms with Crippen LogP contribution in [-0.4, -0.2) is 55.9 Å². The molecule has 0 radical (unpaired) electrons. The molecule has 0 heterocycles. The summed E-state index contributed by atoms with van der Waals surface area (Å²) in [7, 11) is 1.26. The Kier molecular flexibility index (Phi) is 9.08. The Hall–Kier alpha value is -1.97. The van der Waals surface area contributed by atoms with Gasteiger partial charge in [-0.05, 0) is 13.3 Å². The van der Waals surface area contributed by atoms with Crippen LogP contribution in [-0.2, 0) is 23.9 Å². The number of carbonyl (C=O) groups excluding carboxylic acids is 3. The first kappa shape index (κ1) is 21.0. The van der Waals surface area contributed by atoms with Crippen LogP contribution in [0.2, 0.25) is 0 Å². The Morgan fingerprint density at radius 1 is 1.30 bits per heavy atom. The molecule has 0 aromatic carbocycles. The maximum Gasteiger partial charge on any atom is 0.392 e. The average Bonchev–Trinajstić information content (AvgIpc) is 2.48. The molecule has 0 aromatic heterocycles. The lowest BCUT2D eigenvalue weighted by atomic mass is 10.1. The molecule has 0 fully saturated rings. The number of hydrogen-bond acceptors (Lipinski definition) is 6. The molecule has 0 aliphatic carbocycles. The van der Waals surface area contributed by atoms with Crippen molar-refractivity contribution in [3.05, 3.63) is 0 Å². The van der Waals surface area contributed by atoms with Crippen molar-refractivity contribution in [2.24, 2.45) is 0 Å². The molecule has 0 saturated carbocycles. The van der Waals surface area contributed by atoms with Crippen molar-refractivity contribution in [3.63, 3.8) is 0 Å². The van der Waals surface area contributed by atoms with E-state index in [-0.39, 0.29) is 12.8 Å². The predicted octanol–water partition coefficient (Wildman–Crippen LogP) is 1.00. The maximum absolute atomic E-state index is 12.0. The number of hydrogen-bond donors (Lipinski definition) is 2. The smallest absolute Gasteiger partial charge is 0.392 e. The van der Waals surface area contributed by atoms with Crippen LogP contribution in [0.1, 0.15) is 26.2 Å². The highest BCUT2D eigenvalue weighted by Crippen LogP contribution is 2.19. The minimum atomic E-state index is -4.47. The van der Waals surface area contributed by atoms with E-state index in [0.29, 0.717) is 6.21 Å². The Balaban J connectivity index is 4.68. The molecule has 1 amide bonds. The fourth-order valence-electron chi connectivity index (χ4n) is 1.37. The number of amides is 1. The van der Waals surface area contributed by atoms with Crippen molar-refractivity contribution in [2.45, 2.75) is 44.5 Å². The van der Waals surface area contributed by atoms with Gasteiger partial charge in [0.05, 0.1) is 12.6 Å². The van der Waals surface area contributed by atoms with Gasteiger partial charge in [0.15, 0.2) is 5.78 Å². The van der Waals surface area contributed by atoms with E-state index in [9.17, 15) is 27.6 Å². The molecule has 0 aliphatic rings. The lowest BCUT2D eigenvalue weighted by molar-refractivity contribution is -0.161. The number of ketones is 1. The fourth-order valence-corrected chi connectivity index (χ4v) is 1.37. The lowest BCUT2D eigenvalue weighted by Gasteiger charge is -2.19. The first-order chi connectivity index (χ1) is 10.6. The number of ether oxygens (including phenoxy) is 2. The number of Topliss-reactive ketones (excluding diaryl/α,β-unsaturated/α-hetero) is 1. The van der Waals surface area contributed by atoms with Gasteiger partial charge >= 0.3 is 12.1 Å². The molecule has 0 aromatic rings. The Morgan fingerprint density at radius 3 is 2.39 bits per heavy atom. The summed E-state index contributed by atoms with van der Waals surface area (Å²) in [5.74, 6) is -2.34. The molecular formula is C13H19F3N2O5. The number of esters is 1. The van der Waals surface area contributed by atoms with Gasteiger partial charge in [-0.2, -0.15) is 13.2 Å². The zero-order valence-electron chi connectivity index (χ0n) is 12.7. The fraction of sp³-hybridized carbons (Fsp3) is 0.692. The lowest BCUT2D eigenvalue weighted by Crippen LogP contribution is -2.46. The topological polar surface area (TPSA) is 106 Å². The predicted molar refractivity (Wildman–Crippen MR) is 73.1 cm³/mol. The van der Waals surface area contributed by atoms with Crippen molar-refractivity contribution in [3.8, 4) is 0 Å². The van der Waals surface area contributed by atoms with Crippen molar-refractivity contribution in [1.29, 1.82) is 5.41 Å². The molecule has 0 unspecified atom stereocenters.